The first-order chi connectivity index (χ1) is 16.8. The number of phenolic OH excluding ortho intramolecular Hbond substituents is 1. The van der Waals surface area contributed by atoms with Crippen molar-refractivity contribution in [3.8, 4) is 45.5 Å². The van der Waals surface area contributed by atoms with Crippen LogP contribution in [-0.4, -0.2) is 19.6 Å². The van der Waals surface area contributed by atoms with E-state index in [1.54, 1.807) is 6.07 Å². The number of pyridine rings is 1. The molecule has 0 spiro atoms. The second-order valence-corrected chi connectivity index (χ2v) is 8.03. The van der Waals surface area contributed by atoms with Crippen LogP contribution in [0.1, 0.15) is 0 Å². The van der Waals surface area contributed by atoms with Gasteiger partial charge in [-0.05, 0) is 35.3 Å². The average Bonchev–Trinajstić information content (AvgIpc) is 3.34. The predicted molar refractivity (Wildman–Crippen MR) is 136 cm³/mol. The maximum absolute atomic E-state index is 10.6. The Morgan fingerprint density at radius 2 is 1.46 bits per heavy atom. The van der Waals surface area contributed by atoms with Gasteiger partial charge in [0.05, 0.1) is 11.3 Å². The standard InChI is InChI=1S/C30H20N3O.Pt/c34-28-18-10-9-17-25(28)30-32-27(20-33(30)23-14-5-2-6-15-23)29-24-16-8-7-13-22(24)19-26(31-29)21-11-3-1-4-12-21;/h1-11,13-20,34H;/q-1;. The molecule has 4 aromatic carbocycles. The maximum Gasteiger partial charge on any atom is 0.149 e. The number of aromatic nitrogens is 3. The summed E-state index contributed by atoms with van der Waals surface area (Å²) in [5, 5.41) is 12.7. The van der Waals surface area contributed by atoms with Crippen LogP contribution in [0, 0.1) is 6.07 Å². The molecule has 0 saturated heterocycles. The Bertz CT molecular complexity index is 1610. The minimum Gasteiger partial charge on any atom is -0.507 e. The van der Waals surface area contributed by atoms with Crippen LogP contribution in [0.15, 0.2) is 115 Å². The number of rotatable bonds is 4. The van der Waals surface area contributed by atoms with Gasteiger partial charge >= 0.3 is 0 Å². The van der Waals surface area contributed by atoms with E-state index in [0.717, 1.165) is 39.1 Å². The van der Waals surface area contributed by atoms with Crippen LogP contribution in [0.5, 0.6) is 5.75 Å². The van der Waals surface area contributed by atoms with Crippen LogP contribution in [0.2, 0.25) is 0 Å². The molecule has 6 rings (SSSR count). The van der Waals surface area contributed by atoms with E-state index in [2.05, 4.69) is 24.3 Å². The summed E-state index contributed by atoms with van der Waals surface area (Å²) in [6.07, 6.45) is 1.99. The van der Waals surface area contributed by atoms with Crippen molar-refractivity contribution in [2.24, 2.45) is 0 Å². The maximum atomic E-state index is 10.6. The van der Waals surface area contributed by atoms with Crippen LogP contribution >= 0.6 is 0 Å². The summed E-state index contributed by atoms with van der Waals surface area (Å²) in [7, 11) is 0. The van der Waals surface area contributed by atoms with Gasteiger partial charge in [-0.15, -0.1) is 35.9 Å². The normalized spacial score (nSPS) is 10.7. The second kappa shape index (κ2) is 9.69. The van der Waals surface area contributed by atoms with Crippen LogP contribution in [0.4, 0.5) is 0 Å². The molecule has 6 aromatic rings. The SMILES string of the molecule is Oc1ccccc1-c1nc(-c2nc(-c3[c-]cccc3)cc3ccccc23)cn1-c1ccccc1.[Pt]. The molecule has 0 radical (unpaired) electrons. The van der Waals surface area contributed by atoms with Gasteiger partial charge in [0, 0.05) is 38.3 Å². The van der Waals surface area contributed by atoms with Crippen molar-refractivity contribution >= 4 is 10.8 Å². The minimum atomic E-state index is 0. The molecule has 0 aliphatic heterocycles. The van der Waals surface area contributed by atoms with Crippen molar-refractivity contribution in [3.63, 3.8) is 0 Å². The first kappa shape index (κ1) is 22.8. The summed E-state index contributed by atoms with van der Waals surface area (Å²) in [6.45, 7) is 0. The monoisotopic (exact) mass is 633 g/mol. The van der Waals surface area contributed by atoms with Gasteiger partial charge in [0.25, 0.3) is 0 Å². The van der Waals surface area contributed by atoms with Gasteiger partial charge in [0.15, 0.2) is 0 Å². The van der Waals surface area contributed by atoms with Crippen molar-refractivity contribution in [3.05, 3.63) is 121 Å². The third-order valence-corrected chi connectivity index (χ3v) is 5.85. The molecule has 0 saturated carbocycles. The second-order valence-electron chi connectivity index (χ2n) is 8.03. The van der Waals surface area contributed by atoms with E-state index in [0.29, 0.717) is 11.4 Å². The third kappa shape index (κ3) is 4.29. The molecular formula is C30H20N3OPt-. The minimum absolute atomic E-state index is 0. The van der Waals surface area contributed by atoms with Gasteiger partial charge in [-0.3, -0.25) is 9.55 Å². The van der Waals surface area contributed by atoms with Crippen molar-refractivity contribution in [2.75, 3.05) is 0 Å². The van der Waals surface area contributed by atoms with Gasteiger partial charge in [-0.1, -0.05) is 60.7 Å². The van der Waals surface area contributed by atoms with Gasteiger partial charge in [0.2, 0.25) is 0 Å². The summed E-state index contributed by atoms with van der Waals surface area (Å²) in [6, 6.07) is 38.7. The summed E-state index contributed by atoms with van der Waals surface area (Å²) >= 11 is 0. The van der Waals surface area contributed by atoms with Crippen molar-refractivity contribution in [2.45, 2.75) is 0 Å². The number of para-hydroxylation sites is 2. The number of hydrogen-bond acceptors (Lipinski definition) is 3. The fourth-order valence-corrected chi connectivity index (χ4v) is 4.22. The zero-order valence-electron chi connectivity index (χ0n) is 18.6. The fraction of sp³-hybridized carbons (Fsp3) is 0. The molecular weight excluding hydrogens is 613 g/mol. The van der Waals surface area contributed by atoms with Crippen molar-refractivity contribution in [1.29, 1.82) is 0 Å². The Balaban J connectivity index is 0.00000253. The van der Waals surface area contributed by atoms with Crippen molar-refractivity contribution in [1.82, 2.24) is 14.5 Å². The third-order valence-electron chi connectivity index (χ3n) is 5.85. The van der Waals surface area contributed by atoms with Crippen LogP contribution in [0.3, 0.4) is 0 Å². The number of benzene rings is 4. The number of hydrogen-bond donors (Lipinski definition) is 1. The van der Waals surface area contributed by atoms with E-state index in [1.165, 1.54) is 0 Å². The van der Waals surface area contributed by atoms with E-state index in [4.69, 9.17) is 9.97 Å². The Hall–Kier alpha value is -4.01. The van der Waals surface area contributed by atoms with Gasteiger partial charge in [0.1, 0.15) is 17.3 Å². The summed E-state index contributed by atoms with van der Waals surface area (Å²) in [5.41, 5.74) is 4.91. The zero-order chi connectivity index (χ0) is 22.9. The van der Waals surface area contributed by atoms with E-state index < -0.39 is 0 Å². The average molecular weight is 634 g/mol. The Morgan fingerprint density at radius 1 is 0.714 bits per heavy atom. The molecule has 0 atom stereocenters. The summed E-state index contributed by atoms with van der Waals surface area (Å²) in [4.78, 5) is 10.0. The molecule has 35 heavy (non-hydrogen) atoms. The Morgan fingerprint density at radius 3 is 2.26 bits per heavy atom. The van der Waals surface area contributed by atoms with Gasteiger partial charge in [-0.25, -0.2) is 4.98 Å². The molecule has 0 aliphatic carbocycles. The molecule has 0 amide bonds. The van der Waals surface area contributed by atoms with Gasteiger partial charge < -0.3 is 5.11 Å². The van der Waals surface area contributed by atoms with Crippen LogP contribution < -0.4 is 0 Å². The number of fused-ring (bicyclic) bond motifs is 1. The predicted octanol–water partition coefficient (Wildman–Crippen LogP) is 6.92. The molecule has 1 N–H and O–H groups in total. The summed E-state index contributed by atoms with van der Waals surface area (Å²) in [5.74, 6) is 0.837. The van der Waals surface area contributed by atoms with E-state index in [9.17, 15) is 5.11 Å². The Kier molecular flexibility index (Phi) is 6.30. The quantitative estimate of drug-likeness (QED) is 0.215. The van der Waals surface area contributed by atoms with E-state index >= 15 is 0 Å². The Labute approximate surface area is 217 Å². The first-order valence-corrected chi connectivity index (χ1v) is 11.1. The number of aromatic hydroxyl groups is 1. The number of imidazole rings is 1. The molecule has 0 bridgehead atoms. The largest absolute Gasteiger partial charge is 0.507 e. The molecule has 2 heterocycles. The molecule has 0 aliphatic rings. The fourth-order valence-electron chi connectivity index (χ4n) is 4.22. The summed E-state index contributed by atoms with van der Waals surface area (Å²) < 4.78 is 2.00. The number of phenols is 1. The number of nitrogens with zero attached hydrogens (tertiary/aromatic N) is 3. The molecule has 4 nitrogen and oxygen atoms in total. The molecule has 172 valence electrons. The van der Waals surface area contributed by atoms with Gasteiger partial charge in [-0.2, -0.15) is 0 Å². The van der Waals surface area contributed by atoms with E-state index in [-0.39, 0.29) is 26.8 Å². The van der Waals surface area contributed by atoms with E-state index in [1.807, 2.05) is 95.7 Å². The topological polar surface area (TPSA) is 50.9 Å². The molecule has 0 fully saturated rings. The van der Waals surface area contributed by atoms with Crippen LogP contribution in [-0.2, 0) is 21.1 Å². The smallest absolute Gasteiger partial charge is 0.149 e. The zero-order valence-corrected chi connectivity index (χ0v) is 20.8. The van der Waals surface area contributed by atoms with Crippen molar-refractivity contribution < 1.29 is 26.2 Å². The molecule has 0 unspecified atom stereocenters. The molecule has 5 heteroatoms. The molecule has 2 aromatic heterocycles. The first-order valence-electron chi connectivity index (χ1n) is 11.1. The van der Waals surface area contributed by atoms with Crippen LogP contribution in [0.25, 0.3) is 50.5 Å².